The fraction of sp³-hybridized carbons (Fsp3) is 0.533. The fourth-order valence-corrected chi connectivity index (χ4v) is 2.31. The first-order chi connectivity index (χ1) is 8.74. The van der Waals surface area contributed by atoms with Gasteiger partial charge in [0.15, 0.2) is 0 Å². The van der Waals surface area contributed by atoms with E-state index in [4.69, 9.17) is 14.6 Å². The predicted octanol–water partition coefficient (Wildman–Crippen LogP) is 3.07. The predicted molar refractivity (Wildman–Crippen MR) is 74.3 cm³/mol. The van der Waals surface area contributed by atoms with Crippen molar-refractivity contribution in [2.24, 2.45) is 0 Å². The number of benzene rings is 1. The van der Waals surface area contributed by atoms with Gasteiger partial charge in [0, 0.05) is 11.0 Å². The van der Waals surface area contributed by atoms with Crippen LogP contribution in [0.25, 0.3) is 0 Å². The molecule has 0 spiro atoms. The van der Waals surface area contributed by atoms with Gasteiger partial charge in [-0.2, -0.15) is 0 Å². The van der Waals surface area contributed by atoms with E-state index in [2.05, 4.69) is 0 Å². The van der Waals surface area contributed by atoms with Crippen LogP contribution in [0.15, 0.2) is 6.07 Å². The van der Waals surface area contributed by atoms with Gasteiger partial charge in [-0.15, -0.1) is 0 Å². The number of carboxylic acids is 1. The summed E-state index contributed by atoms with van der Waals surface area (Å²) in [5.41, 5.74) is 2.32. The van der Waals surface area contributed by atoms with E-state index >= 15 is 0 Å². The van der Waals surface area contributed by atoms with Crippen molar-refractivity contribution < 1.29 is 19.4 Å². The lowest BCUT2D eigenvalue weighted by Gasteiger charge is -2.28. The largest absolute Gasteiger partial charge is 0.496 e. The Balaban J connectivity index is 3.49. The van der Waals surface area contributed by atoms with E-state index < -0.39 is 11.4 Å². The number of hydrogen-bond acceptors (Lipinski definition) is 3. The summed E-state index contributed by atoms with van der Waals surface area (Å²) in [6.45, 7) is 7.71. The summed E-state index contributed by atoms with van der Waals surface area (Å²) in [5.74, 6) is 0.667. The molecular formula is C15H22O4. The van der Waals surface area contributed by atoms with Crippen LogP contribution in [0.4, 0.5) is 0 Å². The molecule has 0 heterocycles. The molecular weight excluding hydrogens is 244 g/mol. The maximum absolute atomic E-state index is 11.0. The van der Waals surface area contributed by atoms with Gasteiger partial charge in [0.25, 0.3) is 0 Å². The van der Waals surface area contributed by atoms with Crippen LogP contribution >= 0.6 is 0 Å². The number of carbonyl (C=O) groups is 1. The van der Waals surface area contributed by atoms with E-state index in [9.17, 15) is 4.79 Å². The lowest BCUT2D eigenvalue weighted by molar-refractivity contribution is -0.138. The molecule has 1 rings (SSSR count). The van der Waals surface area contributed by atoms with Crippen LogP contribution in [0.1, 0.15) is 37.0 Å². The third kappa shape index (κ3) is 3.00. The summed E-state index contributed by atoms with van der Waals surface area (Å²) in [4.78, 5) is 11.0. The van der Waals surface area contributed by atoms with Gasteiger partial charge < -0.3 is 14.6 Å². The van der Waals surface area contributed by atoms with Crippen LogP contribution in [0.2, 0.25) is 0 Å². The van der Waals surface area contributed by atoms with Crippen LogP contribution in [0.5, 0.6) is 11.5 Å². The van der Waals surface area contributed by atoms with Crippen LogP contribution in [-0.2, 0) is 10.2 Å². The van der Waals surface area contributed by atoms with E-state index in [1.165, 1.54) is 0 Å². The monoisotopic (exact) mass is 266 g/mol. The summed E-state index contributed by atoms with van der Waals surface area (Å²) in [7, 11) is 3.22. The van der Waals surface area contributed by atoms with Crippen molar-refractivity contribution in [3.05, 3.63) is 22.8 Å². The highest BCUT2D eigenvalue weighted by Gasteiger charge is 2.30. The van der Waals surface area contributed by atoms with Gasteiger partial charge in [-0.25, -0.2) is 0 Å². The Morgan fingerprint density at radius 1 is 1.21 bits per heavy atom. The minimum Gasteiger partial charge on any atom is -0.496 e. The van der Waals surface area contributed by atoms with Crippen molar-refractivity contribution in [2.45, 2.75) is 39.5 Å². The zero-order valence-electron chi connectivity index (χ0n) is 12.5. The normalized spacial score (nSPS) is 11.3. The lowest BCUT2D eigenvalue weighted by Crippen LogP contribution is -2.23. The fourth-order valence-electron chi connectivity index (χ4n) is 2.31. The van der Waals surface area contributed by atoms with Crippen molar-refractivity contribution in [3.63, 3.8) is 0 Å². The molecule has 0 aliphatic heterocycles. The van der Waals surface area contributed by atoms with E-state index in [1.807, 2.05) is 33.8 Å². The second-order valence-electron chi connectivity index (χ2n) is 5.36. The summed E-state index contributed by atoms with van der Waals surface area (Å²) in [6, 6.07) is 1.88. The number of aliphatic carboxylic acids is 1. The molecule has 0 saturated carbocycles. The molecule has 0 aliphatic rings. The molecule has 0 aliphatic carbocycles. The van der Waals surface area contributed by atoms with E-state index in [0.717, 1.165) is 28.2 Å². The van der Waals surface area contributed by atoms with Gasteiger partial charge in [0.1, 0.15) is 11.5 Å². The topological polar surface area (TPSA) is 55.8 Å². The Bertz CT molecular complexity index is 489. The first kappa shape index (κ1) is 15.3. The molecule has 0 saturated heterocycles. The minimum absolute atomic E-state index is 0.0367. The summed E-state index contributed by atoms with van der Waals surface area (Å²) < 4.78 is 10.8. The first-order valence-electron chi connectivity index (χ1n) is 6.19. The molecule has 19 heavy (non-hydrogen) atoms. The van der Waals surface area contributed by atoms with Crippen molar-refractivity contribution in [3.8, 4) is 11.5 Å². The third-order valence-electron chi connectivity index (χ3n) is 3.54. The number of rotatable bonds is 5. The molecule has 1 aromatic carbocycles. The maximum Gasteiger partial charge on any atom is 0.304 e. The molecule has 0 bridgehead atoms. The number of hydrogen-bond donors (Lipinski definition) is 1. The van der Waals surface area contributed by atoms with E-state index in [0.29, 0.717) is 0 Å². The Kier molecular flexibility index (Phi) is 4.45. The molecule has 0 atom stereocenters. The molecule has 0 fully saturated rings. The number of carboxylic acid groups (broad SMARTS) is 1. The molecule has 106 valence electrons. The lowest BCUT2D eigenvalue weighted by atomic mass is 9.79. The summed E-state index contributed by atoms with van der Waals surface area (Å²) in [6.07, 6.45) is 0.0367. The van der Waals surface area contributed by atoms with Gasteiger partial charge in [0.2, 0.25) is 0 Å². The Morgan fingerprint density at radius 3 is 2.21 bits per heavy atom. The Labute approximate surface area is 114 Å². The first-order valence-corrected chi connectivity index (χ1v) is 6.19. The van der Waals surface area contributed by atoms with Crippen LogP contribution < -0.4 is 9.47 Å². The average molecular weight is 266 g/mol. The van der Waals surface area contributed by atoms with Crippen molar-refractivity contribution >= 4 is 5.97 Å². The minimum atomic E-state index is -0.829. The van der Waals surface area contributed by atoms with Gasteiger partial charge in [-0.1, -0.05) is 13.8 Å². The average Bonchev–Trinajstić information content (AvgIpc) is 2.30. The third-order valence-corrected chi connectivity index (χ3v) is 3.54. The van der Waals surface area contributed by atoms with Gasteiger partial charge in [-0.3, -0.25) is 4.79 Å². The zero-order valence-corrected chi connectivity index (χ0v) is 12.5. The highest BCUT2D eigenvalue weighted by molar-refractivity contribution is 5.70. The molecule has 0 aromatic heterocycles. The second-order valence-corrected chi connectivity index (χ2v) is 5.36. The molecule has 4 nitrogen and oxygen atoms in total. The van der Waals surface area contributed by atoms with Gasteiger partial charge >= 0.3 is 5.97 Å². The van der Waals surface area contributed by atoms with E-state index in [-0.39, 0.29) is 6.42 Å². The summed E-state index contributed by atoms with van der Waals surface area (Å²) in [5, 5.41) is 9.05. The second kappa shape index (κ2) is 5.51. The standard InChI is InChI=1S/C15H22O4/c1-9-10(2)14(19-6)11(7-12(9)18-5)15(3,4)8-13(16)17/h7H,8H2,1-6H3,(H,16,17). The summed E-state index contributed by atoms with van der Waals surface area (Å²) >= 11 is 0. The van der Waals surface area contributed by atoms with Crippen molar-refractivity contribution in [1.82, 2.24) is 0 Å². The van der Waals surface area contributed by atoms with Crippen LogP contribution in [-0.4, -0.2) is 25.3 Å². The van der Waals surface area contributed by atoms with Crippen LogP contribution in [0, 0.1) is 13.8 Å². The van der Waals surface area contributed by atoms with Gasteiger partial charge in [0.05, 0.1) is 20.6 Å². The molecule has 4 heteroatoms. The highest BCUT2D eigenvalue weighted by Crippen LogP contribution is 2.41. The number of methoxy groups -OCH3 is 2. The molecule has 0 unspecified atom stereocenters. The molecule has 0 radical (unpaired) electrons. The Morgan fingerprint density at radius 2 is 1.79 bits per heavy atom. The SMILES string of the molecule is COc1cc(C(C)(C)CC(=O)O)c(OC)c(C)c1C. The molecule has 1 aromatic rings. The number of ether oxygens (including phenoxy) is 2. The van der Waals surface area contributed by atoms with Crippen molar-refractivity contribution in [1.29, 1.82) is 0 Å². The van der Waals surface area contributed by atoms with Crippen LogP contribution in [0.3, 0.4) is 0 Å². The van der Waals surface area contributed by atoms with E-state index in [1.54, 1.807) is 14.2 Å². The maximum atomic E-state index is 11.0. The zero-order chi connectivity index (χ0) is 14.8. The molecule has 1 N–H and O–H groups in total. The van der Waals surface area contributed by atoms with Crippen molar-refractivity contribution in [2.75, 3.05) is 14.2 Å². The smallest absolute Gasteiger partial charge is 0.304 e. The Hall–Kier alpha value is -1.71. The quantitative estimate of drug-likeness (QED) is 0.889. The van der Waals surface area contributed by atoms with Gasteiger partial charge in [-0.05, 0) is 31.0 Å². The molecule has 0 amide bonds. The highest BCUT2D eigenvalue weighted by atomic mass is 16.5.